The van der Waals surface area contributed by atoms with Crippen LogP contribution in [0.15, 0.2) is 109 Å². The number of hydrogen-bond donors (Lipinski definition) is 0. The summed E-state index contributed by atoms with van der Waals surface area (Å²) in [6.07, 6.45) is 0. The molecule has 1 heterocycles. The van der Waals surface area contributed by atoms with E-state index < -0.39 is 0 Å². The minimum Gasteiger partial charge on any atom is -0.208 e. The van der Waals surface area contributed by atoms with E-state index >= 15 is 0 Å². The van der Waals surface area contributed by atoms with Crippen molar-refractivity contribution in [1.29, 1.82) is 0 Å². The Balaban J connectivity index is 1.45. The third-order valence-corrected chi connectivity index (χ3v) is 5.59. The molecule has 0 N–H and O–H groups in total. The van der Waals surface area contributed by atoms with E-state index in [1.54, 1.807) is 0 Å². The largest absolute Gasteiger partial charge is 0.208 e. The normalized spacial score (nSPS) is 10.7. The second-order valence-corrected chi connectivity index (χ2v) is 8.10. The van der Waals surface area contributed by atoms with Crippen LogP contribution in [0.4, 0.5) is 0 Å². The van der Waals surface area contributed by atoms with Crippen molar-refractivity contribution >= 4 is 22.6 Å². The van der Waals surface area contributed by atoms with Crippen molar-refractivity contribution in [2.45, 2.75) is 0 Å². The minimum absolute atomic E-state index is 0.678. The van der Waals surface area contributed by atoms with E-state index in [0.29, 0.717) is 15.5 Å². The van der Waals surface area contributed by atoms with Crippen molar-refractivity contribution in [3.05, 3.63) is 113 Å². The predicted octanol–water partition coefficient (Wildman–Crippen LogP) is 7.14. The molecule has 0 radical (unpaired) electrons. The van der Waals surface area contributed by atoms with Gasteiger partial charge in [-0.1, -0.05) is 109 Å². The van der Waals surface area contributed by atoms with Gasteiger partial charge >= 0.3 is 0 Å². The fraction of sp³-hybridized carbons (Fsp3) is 0. The maximum absolute atomic E-state index is 4.75. The molecule has 0 spiro atoms. The van der Waals surface area contributed by atoms with Crippen LogP contribution in [0.25, 0.3) is 45.0 Å². The molecule has 0 saturated heterocycles. The van der Waals surface area contributed by atoms with Gasteiger partial charge in [-0.2, -0.15) is 0 Å². The summed E-state index contributed by atoms with van der Waals surface area (Å²) in [5.41, 5.74) is 6.68. The number of hydrogen-bond acceptors (Lipinski definition) is 3. The van der Waals surface area contributed by atoms with E-state index in [1.807, 2.05) is 36.4 Å². The summed E-state index contributed by atoms with van der Waals surface area (Å²) in [4.78, 5) is 13.9. The van der Waals surface area contributed by atoms with Crippen LogP contribution >= 0.6 is 22.6 Å². The number of aromatic nitrogens is 3. The molecule has 4 aromatic carbocycles. The Morgan fingerprint density at radius 3 is 1.06 bits per heavy atom. The molecule has 5 rings (SSSR count). The standard InChI is InChI=1S/C27H18IN3/c28-27-30-25(23-15-11-21(12-16-23)19-7-3-1-4-8-19)29-26(31-27)24-17-13-22(14-18-24)20-9-5-2-6-10-20/h1-18H. The highest BCUT2D eigenvalue weighted by molar-refractivity contribution is 14.1. The van der Waals surface area contributed by atoms with Crippen molar-refractivity contribution in [1.82, 2.24) is 15.0 Å². The Labute approximate surface area is 195 Å². The highest BCUT2D eigenvalue weighted by Crippen LogP contribution is 2.26. The highest BCUT2D eigenvalue weighted by atomic mass is 127. The van der Waals surface area contributed by atoms with Crippen molar-refractivity contribution in [2.24, 2.45) is 0 Å². The Kier molecular flexibility index (Phi) is 5.54. The molecule has 0 aliphatic carbocycles. The first-order chi connectivity index (χ1) is 15.3. The zero-order chi connectivity index (χ0) is 21.0. The molecular formula is C27H18IN3. The first kappa shape index (κ1) is 19.6. The number of rotatable bonds is 4. The topological polar surface area (TPSA) is 38.7 Å². The quantitative estimate of drug-likeness (QED) is 0.241. The molecule has 0 aliphatic heterocycles. The van der Waals surface area contributed by atoms with Gasteiger partial charge in [0.15, 0.2) is 15.5 Å². The van der Waals surface area contributed by atoms with E-state index in [2.05, 4.69) is 105 Å². The molecule has 0 saturated carbocycles. The van der Waals surface area contributed by atoms with Crippen molar-refractivity contribution in [3.63, 3.8) is 0 Å². The minimum atomic E-state index is 0.678. The number of benzene rings is 4. The molecule has 0 aliphatic rings. The molecule has 0 unspecified atom stereocenters. The zero-order valence-corrected chi connectivity index (χ0v) is 18.8. The predicted molar refractivity (Wildman–Crippen MR) is 134 cm³/mol. The fourth-order valence-corrected chi connectivity index (χ4v) is 3.95. The lowest BCUT2D eigenvalue weighted by molar-refractivity contribution is 1.02. The molecule has 3 nitrogen and oxygen atoms in total. The average molecular weight is 511 g/mol. The lowest BCUT2D eigenvalue weighted by Crippen LogP contribution is -1.99. The van der Waals surface area contributed by atoms with Gasteiger partial charge < -0.3 is 0 Å². The fourth-order valence-electron chi connectivity index (χ4n) is 3.49. The van der Waals surface area contributed by atoms with Crippen LogP contribution in [0, 0.1) is 3.83 Å². The maximum atomic E-state index is 4.75. The SMILES string of the molecule is Ic1nc(-c2ccc(-c3ccccc3)cc2)nc(-c2ccc(-c3ccccc3)cc2)n1. The third kappa shape index (κ3) is 4.39. The van der Waals surface area contributed by atoms with Crippen LogP contribution in [-0.4, -0.2) is 15.0 Å². The van der Waals surface area contributed by atoms with Crippen molar-refractivity contribution in [2.75, 3.05) is 0 Å². The lowest BCUT2D eigenvalue weighted by Gasteiger charge is -2.07. The van der Waals surface area contributed by atoms with Crippen molar-refractivity contribution < 1.29 is 0 Å². The van der Waals surface area contributed by atoms with Gasteiger partial charge in [0.05, 0.1) is 0 Å². The molecule has 5 aromatic rings. The molecule has 0 atom stereocenters. The Morgan fingerprint density at radius 2 is 0.677 bits per heavy atom. The van der Waals surface area contributed by atoms with Gasteiger partial charge in [-0.3, -0.25) is 0 Å². The second-order valence-electron chi connectivity index (χ2n) is 7.14. The van der Waals surface area contributed by atoms with E-state index in [0.717, 1.165) is 11.1 Å². The van der Waals surface area contributed by atoms with E-state index in [4.69, 9.17) is 4.98 Å². The molecule has 0 bridgehead atoms. The molecule has 148 valence electrons. The first-order valence-electron chi connectivity index (χ1n) is 9.99. The summed E-state index contributed by atoms with van der Waals surface area (Å²) < 4.78 is 0.678. The van der Waals surface area contributed by atoms with E-state index in [9.17, 15) is 0 Å². The summed E-state index contributed by atoms with van der Waals surface area (Å²) in [6.45, 7) is 0. The highest BCUT2D eigenvalue weighted by Gasteiger charge is 2.10. The molecule has 1 aromatic heterocycles. The summed E-state index contributed by atoms with van der Waals surface area (Å²) >= 11 is 2.15. The first-order valence-corrected chi connectivity index (χ1v) is 11.1. The Bertz CT molecular complexity index is 1200. The van der Waals surface area contributed by atoms with Crippen molar-refractivity contribution in [3.8, 4) is 45.0 Å². The van der Waals surface area contributed by atoms with Gasteiger partial charge in [0.25, 0.3) is 0 Å². The summed E-state index contributed by atoms with van der Waals surface area (Å²) in [5.74, 6) is 1.36. The lowest BCUT2D eigenvalue weighted by atomic mass is 10.0. The van der Waals surface area contributed by atoms with Crippen LogP contribution in [0.2, 0.25) is 0 Å². The third-order valence-electron chi connectivity index (χ3n) is 5.11. The molecule has 0 amide bonds. The average Bonchev–Trinajstić information content (AvgIpc) is 2.85. The van der Waals surface area contributed by atoms with Gasteiger partial charge in [-0.05, 0) is 22.3 Å². The number of halogens is 1. The van der Waals surface area contributed by atoms with Crippen LogP contribution in [-0.2, 0) is 0 Å². The molecule has 4 heteroatoms. The van der Waals surface area contributed by atoms with Crippen LogP contribution in [0.3, 0.4) is 0 Å². The second kappa shape index (κ2) is 8.78. The van der Waals surface area contributed by atoms with Gasteiger partial charge in [0, 0.05) is 33.7 Å². The van der Waals surface area contributed by atoms with Crippen LogP contribution < -0.4 is 0 Å². The van der Waals surface area contributed by atoms with E-state index in [-0.39, 0.29) is 0 Å². The summed E-state index contributed by atoms with van der Waals surface area (Å²) in [5, 5.41) is 0. The van der Waals surface area contributed by atoms with Gasteiger partial charge in [-0.25, -0.2) is 15.0 Å². The molecule has 0 fully saturated rings. The maximum Gasteiger partial charge on any atom is 0.194 e. The monoisotopic (exact) mass is 511 g/mol. The van der Waals surface area contributed by atoms with Crippen LogP contribution in [0.1, 0.15) is 0 Å². The van der Waals surface area contributed by atoms with Crippen LogP contribution in [0.5, 0.6) is 0 Å². The smallest absolute Gasteiger partial charge is 0.194 e. The number of nitrogens with zero attached hydrogens (tertiary/aromatic N) is 3. The Hall–Kier alpha value is -3.38. The zero-order valence-electron chi connectivity index (χ0n) is 16.6. The van der Waals surface area contributed by atoms with E-state index in [1.165, 1.54) is 22.3 Å². The molecular weight excluding hydrogens is 493 g/mol. The summed E-state index contributed by atoms with van der Waals surface area (Å²) in [7, 11) is 0. The summed E-state index contributed by atoms with van der Waals surface area (Å²) in [6, 6.07) is 37.4. The van der Waals surface area contributed by atoms with Gasteiger partial charge in [0.2, 0.25) is 0 Å². The molecule has 31 heavy (non-hydrogen) atoms. The van der Waals surface area contributed by atoms with Gasteiger partial charge in [-0.15, -0.1) is 0 Å². The van der Waals surface area contributed by atoms with Gasteiger partial charge in [0.1, 0.15) is 0 Å². The Morgan fingerprint density at radius 1 is 0.355 bits per heavy atom.